The van der Waals surface area contributed by atoms with Crippen molar-refractivity contribution in [3.05, 3.63) is 34.3 Å². The summed E-state index contributed by atoms with van der Waals surface area (Å²) < 4.78 is 38.9. The SMILES string of the molecule is CC(C)(C)[C@@H](O)[C@@H](N)c1ccc(Cl)cc1C(F)(F)F. The lowest BCUT2D eigenvalue weighted by Crippen LogP contribution is -2.38. The van der Waals surface area contributed by atoms with Gasteiger partial charge in [-0.05, 0) is 23.1 Å². The second kappa shape index (κ2) is 5.31. The largest absolute Gasteiger partial charge is 0.416 e. The normalized spacial score (nSPS) is 16.3. The van der Waals surface area contributed by atoms with E-state index in [1.165, 1.54) is 12.1 Å². The second-order valence-corrected chi connectivity index (χ2v) is 6.00. The van der Waals surface area contributed by atoms with E-state index >= 15 is 0 Å². The highest BCUT2D eigenvalue weighted by molar-refractivity contribution is 6.30. The first-order valence-electron chi connectivity index (χ1n) is 5.75. The molecule has 0 unspecified atom stereocenters. The lowest BCUT2D eigenvalue weighted by molar-refractivity contribution is -0.138. The Kier molecular flexibility index (Phi) is 4.55. The Morgan fingerprint density at radius 1 is 1.21 bits per heavy atom. The molecule has 0 fully saturated rings. The van der Waals surface area contributed by atoms with E-state index in [4.69, 9.17) is 17.3 Å². The molecule has 0 heterocycles. The van der Waals surface area contributed by atoms with Gasteiger partial charge in [-0.2, -0.15) is 13.2 Å². The molecule has 2 nitrogen and oxygen atoms in total. The molecule has 0 bridgehead atoms. The third-order valence-corrected chi connectivity index (χ3v) is 3.14. The Bertz CT molecular complexity index is 454. The van der Waals surface area contributed by atoms with Crippen molar-refractivity contribution in [1.82, 2.24) is 0 Å². The first-order valence-corrected chi connectivity index (χ1v) is 6.12. The number of halogens is 4. The number of aliphatic hydroxyl groups is 1. The van der Waals surface area contributed by atoms with Gasteiger partial charge in [0.05, 0.1) is 17.7 Å². The first kappa shape index (κ1) is 16.3. The van der Waals surface area contributed by atoms with Gasteiger partial charge in [0.15, 0.2) is 0 Å². The summed E-state index contributed by atoms with van der Waals surface area (Å²) in [7, 11) is 0. The van der Waals surface area contributed by atoms with Crippen LogP contribution in [-0.2, 0) is 6.18 Å². The molecule has 0 spiro atoms. The van der Waals surface area contributed by atoms with Crippen LogP contribution in [0.1, 0.15) is 37.9 Å². The zero-order valence-corrected chi connectivity index (χ0v) is 11.7. The molecule has 0 saturated carbocycles. The maximum Gasteiger partial charge on any atom is 0.416 e. The highest BCUT2D eigenvalue weighted by Gasteiger charge is 2.38. The molecule has 0 aromatic heterocycles. The quantitative estimate of drug-likeness (QED) is 0.872. The molecule has 1 aromatic rings. The summed E-state index contributed by atoms with van der Waals surface area (Å²) in [5.41, 5.74) is 4.10. The van der Waals surface area contributed by atoms with Gasteiger partial charge in [0.2, 0.25) is 0 Å². The van der Waals surface area contributed by atoms with E-state index in [9.17, 15) is 18.3 Å². The number of hydrogen-bond acceptors (Lipinski definition) is 2. The minimum atomic E-state index is -4.56. The highest BCUT2D eigenvalue weighted by atomic mass is 35.5. The van der Waals surface area contributed by atoms with E-state index in [1.807, 2.05) is 0 Å². The number of alkyl halides is 3. The molecule has 0 saturated heterocycles. The maximum absolute atomic E-state index is 13.0. The Hall–Kier alpha value is -0.780. The van der Waals surface area contributed by atoms with Gasteiger partial charge in [0, 0.05) is 5.02 Å². The van der Waals surface area contributed by atoms with Crippen LogP contribution in [0.3, 0.4) is 0 Å². The highest BCUT2D eigenvalue weighted by Crippen LogP contribution is 2.38. The van der Waals surface area contributed by atoms with Crippen LogP contribution in [0.2, 0.25) is 5.02 Å². The summed E-state index contributed by atoms with van der Waals surface area (Å²) in [5.74, 6) is 0. The molecule has 108 valence electrons. The zero-order chi connectivity index (χ0) is 15.0. The van der Waals surface area contributed by atoms with Crippen LogP contribution in [-0.4, -0.2) is 11.2 Å². The van der Waals surface area contributed by atoms with E-state index in [2.05, 4.69) is 0 Å². The average Bonchev–Trinajstić information content (AvgIpc) is 2.24. The Morgan fingerprint density at radius 2 is 1.74 bits per heavy atom. The molecule has 0 aliphatic heterocycles. The van der Waals surface area contributed by atoms with Crippen LogP contribution in [0.5, 0.6) is 0 Å². The van der Waals surface area contributed by atoms with Gasteiger partial charge in [-0.1, -0.05) is 38.4 Å². The number of nitrogens with two attached hydrogens (primary N) is 1. The van der Waals surface area contributed by atoms with Crippen LogP contribution in [0, 0.1) is 5.41 Å². The fraction of sp³-hybridized carbons (Fsp3) is 0.538. The van der Waals surface area contributed by atoms with Gasteiger partial charge < -0.3 is 10.8 Å². The van der Waals surface area contributed by atoms with Crippen LogP contribution >= 0.6 is 11.6 Å². The Labute approximate surface area is 115 Å². The minimum Gasteiger partial charge on any atom is -0.391 e. The van der Waals surface area contributed by atoms with Gasteiger partial charge in [-0.15, -0.1) is 0 Å². The van der Waals surface area contributed by atoms with Gasteiger partial charge in [-0.3, -0.25) is 0 Å². The number of rotatable bonds is 2. The molecule has 19 heavy (non-hydrogen) atoms. The predicted molar refractivity (Wildman–Crippen MR) is 68.8 cm³/mol. The Morgan fingerprint density at radius 3 is 2.16 bits per heavy atom. The second-order valence-electron chi connectivity index (χ2n) is 5.57. The van der Waals surface area contributed by atoms with Gasteiger partial charge in [0.25, 0.3) is 0 Å². The summed E-state index contributed by atoms with van der Waals surface area (Å²) in [6, 6.07) is 2.24. The van der Waals surface area contributed by atoms with E-state index in [-0.39, 0.29) is 10.6 Å². The first-order chi connectivity index (χ1) is 8.44. The molecule has 0 amide bonds. The summed E-state index contributed by atoms with van der Waals surface area (Å²) in [6.45, 7) is 5.13. The molecule has 1 rings (SSSR count). The third kappa shape index (κ3) is 3.84. The van der Waals surface area contributed by atoms with Crippen LogP contribution in [0.4, 0.5) is 13.2 Å². The molecule has 2 atom stereocenters. The molecule has 0 radical (unpaired) electrons. The minimum absolute atomic E-state index is 0.0199. The van der Waals surface area contributed by atoms with Crippen LogP contribution < -0.4 is 5.73 Å². The standard InChI is InChI=1S/C13H17ClF3NO/c1-12(2,3)11(19)10(18)8-5-4-7(14)6-9(8)13(15,16)17/h4-6,10-11,19H,18H2,1-3H3/t10-,11-/m0/s1. The molecule has 1 aromatic carbocycles. The van der Waals surface area contributed by atoms with Gasteiger partial charge in [0.1, 0.15) is 0 Å². The third-order valence-electron chi connectivity index (χ3n) is 2.91. The van der Waals surface area contributed by atoms with Crippen LogP contribution in [0.15, 0.2) is 18.2 Å². The van der Waals surface area contributed by atoms with Crippen molar-refractivity contribution in [2.45, 2.75) is 39.1 Å². The van der Waals surface area contributed by atoms with Crippen molar-refractivity contribution in [3.63, 3.8) is 0 Å². The molecular weight excluding hydrogens is 279 g/mol. The van der Waals surface area contributed by atoms with Gasteiger partial charge >= 0.3 is 6.18 Å². The van der Waals surface area contributed by atoms with Gasteiger partial charge in [-0.25, -0.2) is 0 Å². The number of benzene rings is 1. The predicted octanol–water partition coefficient (Wildman–Crippen LogP) is 3.77. The summed E-state index contributed by atoms with van der Waals surface area (Å²) in [5, 5.41) is 10.0. The summed E-state index contributed by atoms with van der Waals surface area (Å²) in [6.07, 6.45) is -5.66. The molecule has 6 heteroatoms. The van der Waals surface area contributed by atoms with E-state index in [0.717, 1.165) is 6.07 Å². The van der Waals surface area contributed by atoms with Crippen molar-refractivity contribution >= 4 is 11.6 Å². The zero-order valence-electron chi connectivity index (χ0n) is 10.9. The van der Waals surface area contributed by atoms with Crippen LogP contribution in [0.25, 0.3) is 0 Å². The van der Waals surface area contributed by atoms with E-state index in [0.29, 0.717) is 0 Å². The fourth-order valence-corrected chi connectivity index (χ4v) is 1.95. The van der Waals surface area contributed by atoms with Crippen molar-refractivity contribution in [2.75, 3.05) is 0 Å². The lowest BCUT2D eigenvalue weighted by Gasteiger charge is -2.32. The van der Waals surface area contributed by atoms with Crippen molar-refractivity contribution in [3.8, 4) is 0 Å². The topological polar surface area (TPSA) is 46.2 Å². The lowest BCUT2D eigenvalue weighted by atomic mass is 9.81. The monoisotopic (exact) mass is 295 g/mol. The molecule has 0 aliphatic rings. The van der Waals surface area contributed by atoms with Crippen molar-refractivity contribution < 1.29 is 18.3 Å². The van der Waals surface area contributed by atoms with Crippen molar-refractivity contribution in [1.29, 1.82) is 0 Å². The Balaban J connectivity index is 3.28. The molecule has 0 aliphatic carbocycles. The molecular formula is C13H17ClF3NO. The smallest absolute Gasteiger partial charge is 0.391 e. The summed E-state index contributed by atoms with van der Waals surface area (Å²) in [4.78, 5) is 0. The average molecular weight is 296 g/mol. The fourth-order valence-electron chi connectivity index (χ4n) is 1.77. The molecule has 3 N–H and O–H groups in total. The van der Waals surface area contributed by atoms with Crippen molar-refractivity contribution in [2.24, 2.45) is 11.1 Å². The van der Waals surface area contributed by atoms with E-state index in [1.54, 1.807) is 20.8 Å². The maximum atomic E-state index is 13.0. The number of aliphatic hydroxyl groups excluding tert-OH is 1. The number of hydrogen-bond donors (Lipinski definition) is 2. The summed E-state index contributed by atoms with van der Waals surface area (Å²) >= 11 is 5.59. The van der Waals surface area contributed by atoms with E-state index < -0.39 is 29.3 Å².